The molecule has 2 amide bonds. The summed E-state index contributed by atoms with van der Waals surface area (Å²) in [5, 5.41) is 9.48. The van der Waals surface area contributed by atoms with E-state index in [9.17, 15) is 18.0 Å². The summed E-state index contributed by atoms with van der Waals surface area (Å²) in [6.45, 7) is 10.2. The molecule has 228 valence electrons. The molecular formula is C32H31F3N6O2S. The molecule has 44 heavy (non-hydrogen) atoms. The smallest absolute Gasteiger partial charge is 0.406 e. The molecule has 0 aliphatic rings. The van der Waals surface area contributed by atoms with Crippen molar-refractivity contribution in [3.63, 3.8) is 0 Å². The lowest BCUT2D eigenvalue weighted by Crippen LogP contribution is -2.28. The summed E-state index contributed by atoms with van der Waals surface area (Å²) < 4.78 is 44.7. The first kappa shape index (κ1) is 30.7. The molecule has 0 saturated heterocycles. The molecule has 0 radical (unpaired) electrons. The van der Waals surface area contributed by atoms with Crippen LogP contribution in [-0.4, -0.2) is 31.7 Å². The standard InChI is InChI=1S/C32H31F3N6O2S/c1-6-27(37-30(42)38-31-41(22(5)17-44-31)28-20(3)15-19(2)16-21(28)4)23-7-9-24(10-8-23)29-36-18-40(39-29)25-11-13-26(14-12-25)43-32(33,34)35/h7-18,27H,6H2,1-5H3,(H,37,42)/b38-31-. The molecule has 0 bridgehead atoms. The number of rotatable bonds is 7. The minimum Gasteiger partial charge on any atom is -0.406 e. The van der Waals surface area contributed by atoms with Gasteiger partial charge in [0.15, 0.2) is 10.6 Å². The Kier molecular flexibility index (Phi) is 8.73. The van der Waals surface area contributed by atoms with Gasteiger partial charge in [0.1, 0.15) is 12.1 Å². The van der Waals surface area contributed by atoms with Crippen LogP contribution in [0.25, 0.3) is 22.8 Å². The summed E-state index contributed by atoms with van der Waals surface area (Å²) in [4.78, 5) is 22.5. The van der Waals surface area contributed by atoms with Gasteiger partial charge in [-0.3, -0.25) is 4.57 Å². The number of ether oxygens (including phenoxy) is 1. The van der Waals surface area contributed by atoms with Crippen molar-refractivity contribution in [3.8, 4) is 28.5 Å². The van der Waals surface area contributed by atoms with E-state index >= 15 is 0 Å². The predicted molar refractivity (Wildman–Crippen MR) is 163 cm³/mol. The zero-order valence-electron chi connectivity index (χ0n) is 24.8. The van der Waals surface area contributed by atoms with Gasteiger partial charge in [0.25, 0.3) is 0 Å². The average Bonchev–Trinajstić information content (AvgIpc) is 3.59. The summed E-state index contributed by atoms with van der Waals surface area (Å²) in [5.74, 6) is 0.127. The molecule has 5 aromatic rings. The van der Waals surface area contributed by atoms with Gasteiger partial charge in [-0.25, -0.2) is 14.5 Å². The van der Waals surface area contributed by atoms with Crippen molar-refractivity contribution in [2.75, 3.05) is 0 Å². The van der Waals surface area contributed by atoms with Crippen molar-refractivity contribution in [1.82, 2.24) is 24.6 Å². The largest absolute Gasteiger partial charge is 0.573 e. The van der Waals surface area contributed by atoms with Crippen molar-refractivity contribution < 1.29 is 22.7 Å². The van der Waals surface area contributed by atoms with Crippen LogP contribution in [0.3, 0.4) is 0 Å². The maximum absolute atomic E-state index is 13.1. The van der Waals surface area contributed by atoms with Gasteiger partial charge in [0, 0.05) is 16.6 Å². The molecule has 1 atom stereocenters. The van der Waals surface area contributed by atoms with Crippen LogP contribution in [0.5, 0.6) is 5.75 Å². The van der Waals surface area contributed by atoms with Gasteiger partial charge >= 0.3 is 12.4 Å². The van der Waals surface area contributed by atoms with Gasteiger partial charge in [-0.05, 0) is 75.1 Å². The number of nitrogens with zero attached hydrogens (tertiary/aromatic N) is 5. The van der Waals surface area contributed by atoms with E-state index in [1.165, 1.54) is 52.2 Å². The van der Waals surface area contributed by atoms with E-state index in [1.807, 2.05) is 48.1 Å². The summed E-state index contributed by atoms with van der Waals surface area (Å²) in [6, 6.07) is 16.5. The lowest BCUT2D eigenvalue weighted by atomic mass is 10.0. The fraction of sp³-hybridized carbons (Fsp3) is 0.250. The number of nitrogens with one attached hydrogen (secondary N) is 1. The maximum Gasteiger partial charge on any atom is 0.573 e. The van der Waals surface area contributed by atoms with Gasteiger partial charge < -0.3 is 10.1 Å². The Labute approximate surface area is 256 Å². The lowest BCUT2D eigenvalue weighted by Gasteiger charge is -2.17. The third-order valence-electron chi connectivity index (χ3n) is 7.04. The fourth-order valence-electron chi connectivity index (χ4n) is 5.14. The van der Waals surface area contributed by atoms with Crippen molar-refractivity contribution >= 4 is 17.4 Å². The zero-order valence-corrected chi connectivity index (χ0v) is 25.6. The van der Waals surface area contributed by atoms with Gasteiger partial charge in [-0.2, -0.15) is 4.99 Å². The first-order valence-corrected chi connectivity index (χ1v) is 14.8. The van der Waals surface area contributed by atoms with Crippen LogP contribution in [0, 0.1) is 27.7 Å². The minimum atomic E-state index is -4.76. The van der Waals surface area contributed by atoms with Crippen LogP contribution < -0.4 is 14.9 Å². The molecule has 1 N–H and O–H groups in total. The van der Waals surface area contributed by atoms with Gasteiger partial charge in [-0.1, -0.05) is 48.9 Å². The Morgan fingerprint density at radius 3 is 2.30 bits per heavy atom. The van der Waals surface area contributed by atoms with Crippen LogP contribution in [0.4, 0.5) is 18.0 Å². The molecule has 0 aliphatic heterocycles. The Morgan fingerprint density at radius 2 is 1.68 bits per heavy atom. The zero-order chi connectivity index (χ0) is 31.6. The number of benzene rings is 3. The highest BCUT2D eigenvalue weighted by Crippen LogP contribution is 2.26. The number of carbonyl (C=O) groups is 1. The van der Waals surface area contributed by atoms with Crippen LogP contribution in [0.1, 0.15) is 47.3 Å². The van der Waals surface area contributed by atoms with E-state index in [4.69, 9.17) is 0 Å². The van der Waals surface area contributed by atoms with Gasteiger partial charge in [-0.15, -0.1) is 29.6 Å². The number of thiazole rings is 1. The van der Waals surface area contributed by atoms with Crippen molar-refractivity contribution in [1.29, 1.82) is 0 Å². The highest BCUT2D eigenvalue weighted by molar-refractivity contribution is 7.07. The van der Waals surface area contributed by atoms with Gasteiger partial charge in [0.2, 0.25) is 0 Å². The molecule has 0 aliphatic carbocycles. The van der Waals surface area contributed by atoms with Crippen LogP contribution >= 0.6 is 11.3 Å². The fourth-order valence-corrected chi connectivity index (χ4v) is 6.00. The molecular weight excluding hydrogens is 589 g/mol. The monoisotopic (exact) mass is 620 g/mol. The van der Waals surface area contributed by atoms with Gasteiger partial charge in [0.05, 0.1) is 17.4 Å². The number of aromatic nitrogens is 4. The highest BCUT2D eigenvalue weighted by atomic mass is 32.1. The van der Waals surface area contributed by atoms with E-state index in [-0.39, 0.29) is 11.8 Å². The first-order chi connectivity index (χ1) is 20.9. The molecule has 2 heterocycles. The SMILES string of the molecule is CCC(NC(=O)/N=c1\scc(C)n1-c1c(C)cc(C)cc1C)c1ccc(-c2ncn(-c3ccc(OC(F)(F)F)cc3)n2)cc1. The molecule has 0 saturated carbocycles. The molecule has 0 fully saturated rings. The molecule has 12 heteroatoms. The quantitative estimate of drug-likeness (QED) is 0.202. The summed E-state index contributed by atoms with van der Waals surface area (Å²) >= 11 is 1.42. The molecule has 1 unspecified atom stereocenters. The minimum absolute atomic E-state index is 0.263. The number of hydrogen-bond donors (Lipinski definition) is 1. The normalized spacial score (nSPS) is 12.8. The van der Waals surface area contributed by atoms with E-state index in [0.29, 0.717) is 22.7 Å². The number of carbonyl (C=O) groups excluding carboxylic acids is 1. The van der Waals surface area contributed by atoms with E-state index in [0.717, 1.165) is 33.6 Å². The number of halogens is 3. The maximum atomic E-state index is 13.1. The van der Waals surface area contributed by atoms with Crippen molar-refractivity contribution in [2.45, 2.75) is 53.4 Å². The van der Waals surface area contributed by atoms with Crippen LogP contribution in [0.15, 0.2) is 77.4 Å². The Morgan fingerprint density at radius 1 is 1.02 bits per heavy atom. The van der Waals surface area contributed by atoms with Crippen molar-refractivity contribution in [2.24, 2.45) is 4.99 Å². The molecule has 2 aromatic heterocycles. The Balaban J connectivity index is 1.31. The van der Waals surface area contributed by atoms with E-state index in [2.05, 4.69) is 58.0 Å². The molecule has 5 rings (SSSR count). The Bertz CT molecular complexity index is 1830. The predicted octanol–water partition coefficient (Wildman–Crippen LogP) is 7.68. The first-order valence-electron chi connectivity index (χ1n) is 13.9. The molecule has 8 nitrogen and oxygen atoms in total. The van der Waals surface area contributed by atoms with E-state index in [1.54, 1.807) is 0 Å². The second-order valence-corrected chi connectivity index (χ2v) is 11.3. The van der Waals surface area contributed by atoms with Crippen LogP contribution in [0.2, 0.25) is 0 Å². The third kappa shape index (κ3) is 6.91. The lowest BCUT2D eigenvalue weighted by molar-refractivity contribution is -0.274. The topological polar surface area (TPSA) is 86.3 Å². The van der Waals surface area contributed by atoms with Crippen molar-refractivity contribution in [3.05, 3.63) is 105 Å². The number of aryl methyl sites for hydroxylation is 4. The highest BCUT2D eigenvalue weighted by Gasteiger charge is 2.31. The third-order valence-corrected chi connectivity index (χ3v) is 7.98. The molecule has 0 spiro atoms. The Hall–Kier alpha value is -4.71. The number of amides is 2. The van der Waals surface area contributed by atoms with Crippen LogP contribution in [-0.2, 0) is 0 Å². The second kappa shape index (κ2) is 12.5. The summed E-state index contributed by atoms with van der Waals surface area (Å²) in [5.41, 5.74) is 7.63. The van der Waals surface area contributed by atoms with E-state index < -0.39 is 12.4 Å². The summed E-state index contributed by atoms with van der Waals surface area (Å²) in [7, 11) is 0. The number of hydrogen-bond acceptors (Lipinski definition) is 5. The number of alkyl halides is 3. The number of urea groups is 1. The second-order valence-electron chi connectivity index (χ2n) is 10.4. The average molecular weight is 621 g/mol. The summed E-state index contributed by atoms with van der Waals surface area (Å²) in [6.07, 6.45) is -2.62. The molecule has 3 aromatic carbocycles.